The number of amides is 1. The van der Waals surface area contributed by atoms with E-state index in [0.717, 1.165) is 23.5 Å². The monoisotopic (exact) mass is 265 g/mol. The molecule has 0 saturated heterocycles. The molecule has 1 aromatic heterocycles. The van der Waals surface area contributed by atoms with Gasteiger partial charge in [0.15, 0.2) is 0 Å². The molecule has 2 aromatic rings. The summed E-state index contributed by atoms with van der Waals surface area (Å²) >= 11 is 0. The quantitative estimate of drug-likeness (QED) is 0.926. The minimum atomic E-state index is -0.877. The zero-order chi connectivity index (χ0) is 14.0. The van der Waals surface area contributed by atoms with Gasteiger partial charge in [0.05, 0.1) is 0 Å². The van der Waals surface area contributed by atoms with Gasteiger partial charge in [0.2, 0.25) is 0 Å². The Bertz CT molecular complexity index is 600. The van der Waals surface area contributed by atoms with Crippen LogP contribution in [0.15, 0.2) is 28.7 Å². The number of aryl methyl sites for hydroxylation is 2. The van der Waals surface area contributed by atoms with Crippen LogP contribution in [0.3, 0.4) is 0 Å². The molecule has 2 rings (SSSR count). The fraction of sp³-hybridized carbons (Fsp3) is 0.214. The summed E-state index contributed by atoms with van der Waals surface area (Å²) in [4.78, 5) is 11.8. The molecule has 3 nitrogen and oxygen atoms in total. The molecule has 0 aliphatic carbocycles. The normalized spacial score (nSPS) is 10.5. The van der Waals surface area contributed by atoms with Crippen LogP contribution in [-0.4, -0.2) is 5.91 Å². The second-order valence-corrected chi connectivity index (χ2v) is 4.22. The van der Waals surface area contributed by atoms with Crippen molar-refractivity contribution in [2.45, 2.75) is 20.4 Å². The number of furan rings is 1. The number of hydrogen-bond acceptors (Lipinski definition) is 2. The van der Waals surface area contributed by atoms with Gasteiger partial charge < -0.3 is 9.73 Å². The van der Waals surface area contributed by atoms with Gasteiger partial charge in [-0.1, -0.05) is 6.07 Å². The molecule has 0 radical (unpaired) electrons. The maximum Gasteiger partial charge on any atom is 0.257 e. The Morgan fingerprint density at radius 3 is 2.42 bits per heavy atom. The van der Waals surface area contributed by atoms with Gasteiger partial charge in [-0.2, -0.15) is 0 Å². The van der Waals surface area contributed by atoms with Crippen LogP contribution in [0.25, 0.3) is 0 Å². The summed E-state index contributed by atoms with van der Waals surface area (Å²) in [5.41, 5.74) is 0.211. The van der Waals surface area contributed by atoms with Gasteiger partial charge in [0.1, 0.15) is 28.7 Å². The van der Waals surface area contributed by atoms with E-state index in [9.17, 15) is 13.6 Å². The van der Waals surface area contributed by atoms with Gasteiger partial charge in [0.25, 0.3) is 5.91 Å². The molecule has 19 heavy (non-hydrogen) atoms. The minimum Gasteiger partial charge on any atom is -0.466 e. The summed E-state index contributed by atoms with van der Waals surface area (Å²) < 4.78 is 32.1. The lowest BCUT2D eigenvalue weighted by Crippen LogP contribution is -2.25. The highest BCUT2D eigenvalue weighted by Crippen LogP contribution is 2.15. The fourth-order valence-corrected chi connectivity index (χ4v) is 1.84. The zero-order valence-electron chi connectivity index (χ0n) is 10.6. The largest absolute Gasteiger partial charge is 0.466 e. The first-order valence-electron chi connectivity index (χ1n) is 5.77. The van der Waals surface area contributed by atoms with Gasteiger partial charge in [-0.05, 0) is 32.0 Å². The highest BCUT2D eigenvalue weighted by atomic mass is 19.1. The molecule has 0 fully saturated rings. The van der Waals surface area contributed by atoms with E-state index in [0.29, 0.717) is 5.76 Å². The van der Waals surface area contributed by atoms with Gasteiger partial charge >= 0.3 is 0 Å². The summed E-state index contributed by atoms with van der Waals surface area (Å²) in [6.45, 7) is 3.71. The number of carbonyl (C=O) groups is 1. The SMILES string of the molecule is Cc1cc(CNC(=O)c2c(F)cccc2F)c(C)o1. The van der Waals surface area contributed by atoms with Crippen LogP contribution >= 0.6 is 0 Å². The summed E-state index contributed by atoms with van der Waals surface area (Å²) in [6, 6.07) is 5.08. The molecule has 0 atom stereocenters. The first-order chi connectivity index (χ1) is 8.99. The van der Waals surface area contributed by atoms with Gasteiger partial charge in [-0.25, -0.2) is 8.78 Å². The second kappa shape index (κ2) is 5.22. The van der Waals surface area contributed by atoms with Gasteiger partial charge in [-0.15, -0.1) is 0 Å². The van der Waals surface area contributed by atoms with Crippen molar-refractivity contribution in [1.82, 2.24) is 5.32 Å². The van der Waals surface area contributed by atoms with Crippen molar-refractivity contribution in [2.24, 2.45) is 0 Å². The molecular formula is C14H13F2NO2. The van der Waals surface area contributed by atoms with Crippen molar-refractivity contribution >= 4 is 5.91 Å². The van der Waals surface area contributed by atoms with Crippen molar-refractivity contribution in [2.75, 3.05) is 0 Å². The Hall–Kier alpha value is -2.17. The summed E-state index contributed by atoms with van der Waals surface area (Å²) in [5, 5.41) is 2.47. The topological polar surface area (TPSA) is 42.2 Å². The van der Waals surface area contributed by atoms with Crippen molar-refractivity contribution in [3.05, 3.63) is 58.5 Å². The number of hydrogen-bond donors (Lipinski definition) is 1. The van der Waals surface area contributed by atoms with Gasteiger partial charge in [0, 0.05) is 12.1 Å². The van der Waals surface area contributed by atoms with Gasteiger partial charge in [-0.3, -0.25) is 4.79 Å². The molecular weight excluding hydrogens is 252 g/mol. The summed E-state index contributed by atoms with van der Waals surface area (Å²) in [5.74, 6) is -1.14. The van der Waals surface area contributed by atoms with Crippen LogP contribution in [0, 0.1) is 25.5 Å². The first-order valence-corrected chi connectivity index (χ1v) is 5.77. The third-order valence-corrected chi connectivity index (χ3v) is 2.77. The molecule has 1 heterocycles. The van der Waals surface area contributed by atoms with Crippen LogP contribution in [0.2, 0.25) is 0 Å². The zero-order valence-corrected chi connectivity index (χ0v) is 10.6. The molecule has 0 spiro atoms. The van der Waals surface area contributed by atoms with Crippen molar-refractivity contribution < 1.29 is 18.0 Å². The van der Waals surface area contributed by atoms with E-state index < -0.39 is 23.1 Å². The molecule has 0 bridgehead atoms. The molecule has 5 heteroatoms. The Kier molecular flexibility index (Phi) is 3.64. The average molecular weight is 265 g/mol. The van der Waals surface area contributed by atoms with E-state index in [2.05, 4.69) is 5.32 Å². The fourth-order valence-electron chi connectivity index (χ4n) is 1.84. The Labute approximate surface area is 109 Å². The smallest absolute Gasteiger partial charge is 0.257 e. The van der Waals surface area contributed by atoms with E-state index in [1.165, 1.54) is 6.07 Å². The standard InChI is InChI=1S/C14H13F2NO2/c1-8-6-10(9(2)19-8)7-17-14(18)13-11(15)4-3-5-12(13)16/h3-6H,7H2,1-2H3,(H,17,18). The van der Waals surface area contributed by atoms with Crippen LogP contribution in [0.4, 0.5) is 8.78 Å². The molecule has 100 valence electrons. The molecule has 1 aromatic carbocycles. The molecule has 0 unspecified atom stereocenters. The third-order valence-electron chi connectivity index (χ3n) is 2.77. The van der Waals surface area contributed by atoms with E-state index >= 15 is 0 Å². The third kappa shape index (κ3) is 2.81. The summed E-state index contributed by atoms with van der Waals surface area (Å²) in [6.07, 6.45) is 0. The Morgan fingerprint density at radius 2 is 1.89 bits per heavy atom. The second-order valence-electron chi connectivity index (χ2n) is 4.22. The number of rotatable bonds is 3. The van der Waals surface area contributed by atoms with Crippen LogP contribution in [0.5, 0.6) is 0 Å². The average Bonchev–Trinajstić information content (AvgIpc) is 2.65. The first kappa shape index (κ1) is 13.3. The molecule has 1 N–H and O–H groups in total. The lowest BCUT2D eigenvalue weighted by atomic mass is 10.1. The maximum atomic E-state index is 13.4. The van der Waals surface area contributed by atoms with Crippen molar-refractivity contribution in [3.63, 3.8) is 0 Å². The van der Waals surface area contributed by atoms with Crippen LogP contribution < -0.4 is 5.32 Å². The Morgan fingerprint density at radius 1 is 1.26 bits per heavy atom. The van der Waals surface area contributed by atoms with Crippen LogP contribution in [0.1, 0.15) is 27.4 Å². The highest BCUT2D eigenvalue weighted by Gasteiger charge is 2.17. The number of nitrogens with one attached hydrogen (secondary N) is 1. The van der Waals surface area contributed by atoms with E-state index in [-0.39, 0.29) is 6.54 Å². The minimum absolute atomic E-state index is 0.162. The van der Waals surface area contributed by atoms with E-state index in [1.807, 2.05) is 0 Å². The number of benzene rings is 1. The van der Waals surface area contributed by atoms with Crippen molar-refractivity contribution in [3.8, 4) is 0 Å². The van der Waals surface area contributed by atoms with Crippen LogP contribution in [-0.2, 0) is 6.54 Å². The summed E-state index contributed by atoms with van der Waals surface area (Å²) in [7, 11) is 0. The van der Waals surface area contributed by atoms with Crippen molar-refractivity contribution in [1.29, 1.82) is 0 Å². The lowest BCUT2D eigenvalue weighted by Gasteiger charge is -2.06. The predicted octanol–water partition coefficient (Wildman–Crippen LogP) is 3.10. The predicted molar refractivity (Wildman–Crippen MR) is 65.7 cm³/mol. The molecule has 1 amide bonds. The molecule has 0 aliphatic rings. The number of carbonyl (C=O) groups excluding carboxylic acids is 1. The maximum absolute atomic E-state index is 13.4. The molecule has 0 saturated carbocycles. The van der Waals surface area contributed by atoms with E-state index in [1.54, 1.807) is 19.9 Å². The van der Waals surface area contributed by atoms with E-state index in [4.69, 9.17) is 4.42 Å². The highest BCUT2D eigenvalue weighted by molar-refractivity contribution is 5.94. The number of halogens is 2. The molecule has 0 aliphatic heterocycles. The Balaban J connectivity index is 2.12. The lowest BCUT2D eigenvalue weighted by molar-refractivity contribution is 0.0942.